The second-order valence-electron chi connectivity index (χ2n) is 6.94. The van der Waals surface area contributed by atoms with Crippen LogP contribution in [-0.4, -0.2) is 16.7 Å². The fourth-order valence-corrected chi connectivity index (χ4v) is 3.04. The lowest BCUT2D eigenvalue weighted by molar-refractivity contribution is -0.0957. The van der Waals surface area contributed by atoms with Gasteiger partial charge in [-0.25, -0.2) is 0 Å². The summed E-state index contributed by atoms with van der Waals surface area (Å²) in [6.07, 6.45) is 5.96. The molecule has 0 aromatic carbocycles. The van der Waals surface area contributed by atoms with Crippen molar-refractivity contribution >= 4 is 0 Å². The number of hydrogen-bond acceptors (Lipinski definition) is 5. The second-order valence-corrected chi connectivity index (χ2v) is 6.94. The summed E-state index contributed by atoms with van der Waals surface area (Å²) in [4.78, 5) is 4.56. The van der Waals surface area contributed by atoms with Crippen molar-refractivity contribution < 1.29 is 9.26 Å². The molecule has 1 aliphatic carbocycles. The first kappa shape index (κ1) is 16.4. The van der Waals surface area contributed by atoms with Gasteiger partial charge >= 0.3 is 0 Å². The Labute approximate surface area is 127 Å². The van der Waals surface area contributed by atoms with Crippen molar-refractivity contribution in [1.82, 2.24) is 10.1 Å². The van der Waals surface area contributed by atoms with E-state index in [1.807, 2.05) is 6.92 Å². The van der Waals surface area contributed by atoms with E-state index in [9.17, 15) is 0 Å². The predicted octanol–water partition coefficient (Wildman–Crippen LogP) is 3.70. The minimum atomic E-state index is -0.391. The molecule has 0 saturated heterocycles. The smallest absolute Gasteiger partial charge is 0.243 e. The van der Waals surface area contributed by atoms with Crippen LogP contribution in [0.5, 0.6) is 0 Å². The average Bonchev–Trinajstić information content (AvgIpc) is 2.92. The standard InChI is InChI=1S/C16H29N3O2/c1-5-7-12(17)13-18-14(19-21-13)16(20-6-2)10-8-15(3,4)9-11-16/h12H,5-11,17H2,1-4H3. The number of nitrogens with zero attached hydrogens (tertiary/aromatic N) is 2. The van der Waals surface area contributed by atoms with Crippen LogP contribution in [0.25, 0.3) is 0 Å². The molecule has 2 N–H and O–H groups in total. The highest BCUT2D eigenvalue weighted by Gasteiger charge is 2.44. The fourth-order valence-electron chi connectivity index (χ4n) is 3.04. The molecule has 1 saturated carbocycles. The number of aromatic nitrogens is 2. The molecule has 1 aliphatic rings. The van der Waals surface area contributed by atoms with E-state index in [1.165, 1.54) is 0 Å². The first-order chi connectivity index (χ1) is 9.92. The molecular weight excluding hydrogens is 266 g/mol. The molecule has 1 unspecified atom stereocenters. The Morgan fingerprint density at radius 2 is 1.90 bits per heavy atom. The zero-order chi connectivity index (χ0) is 15.5. The van der Waals surface area contributed by atoms with Gasteiger partial charge in [-0.3, -0.25) is 0 Å². The van der Waals surface area contributed by atoms with Crippen LogP contribution in [0.3, 0.4) is 0 Å². The summed E-state index contributed by atoms with van der Waals surface area (Å²) >= 11 is 0. The molecular formula is C16H29N3O2. The third-order valence-corrected chi connectivity index (χ3v) is 4.60. The van der Waals surface area contributed by atoms with Gasteiger partial charge in [0.15, 0.2) is 0 Å². The van der Waals surface area contributed by atoms with E-state index in [0.29, 0.717) is 23.7 Å². The van der Waals surface area contributed by atoms with E-state index in [-0.39, 0.29) is 6.04 Å². The topological polar surface area (TPSA) is 74.2 Å². The average molecular weight is 295 g/mol. The van der Waals surface area contributed by atoms with Crippen LogP contribution in [0.1, 0.15) is 84.0 Å². The first-order valence-electron chi connectivity index (χ1n) is 8.16. The maximum Gasteiger partial charge on any atom is 0.243 e. The van der Waals surface area contributed by atoms with E-state index in [4.69, 9.17) is 15.0 Å². The van der Waals surface area contributed by atoms with Gasteiger partial charge in [0.1, 0.15) is 5.60 Å². The van der Waals surface area contributed by atoms with Gasteiger partial charge in [0.05, 0.1) is 6.04 Å². The van der Waals surface area contributed by atoms with Crippen LogP contribution in [0.2, 0.25) is 0 Å². The Kier molecular flexibility index (Phi) is 5.04. The molecule has 1 aromatic heterocycles. The van der Waals surface area contributed by atoms with Gasteiger partial charge in [-0.15, -0.1) is 0 Å². The predicted molar refractivity (Wildman–Crippen MR) is 81.7 cm³/mol. The Hall–Kier alpha value is -0.940. The van der Waals surface area contributed by atoms with Crippen LogP contribution in [0, 0.1) is 5.41 Å². The van der Waals surface area contributed by atoms with Crippen molar-refractivity contribution in [2.45, 2.75) is 77.9 Å². The van der Waals surface area contributed by atoms with E-state index in [2.05, 4.69) is 30.9 Å². The minimum Gasteiger partial charge on any atom is -0.367 e. The molecule has 5 nitrogen and oxygen atoms in total. The summed E-state index contributed by atoms with van der Waals surface area (Å²) < 4.78 is 11.5. The molecule has 1 atom stereocenters. The molecule has 1 aromatic rings. The number of ether oxygens (including phenoxy) is 1. The monoisotopic (exact) mass is 295 g/mol. The van der Waals surface area contributed by atoms with Crippen molar-refractivity contribution in [2.75, 3.05) is 6.61 Å². The molecule has 0 amide bonds. The number of hydrogen-bond donors (Lipinski definition) is 1. The maximum atomic E-state index is 6.08. The molecule has 5 heteroatoms. The molecule has 120 valence electrons. The Morgan fingerprint density at radius 1 is 1.24 bits per heavy atom. The van der Waals surface area contributed by atoms with Gasteiger partial charge in [0, 0.05) is 6.61 Å². The zero-order valence-electron chi connectivity index (χ0n) is 13.8. The molecule has 21 heavy (non-hydrogen) atoms. The maximum absolute atomic E-state index is 6.08. The van der Waals surface area contributed by atoms with E-state index in [1.54, 1.807) is 0 Å². The minimum absolute atomic E-state index is 0.171. The summed E-state index contributed by atoms with van der Waals surface area (Å²) in [6, 6.07) is -0.171. The highest BCUT2D eigenvalue weighted by Crippen LogP contribution is 2.46. The van der Waals surface area contributed by atoms with Crippen molar-refractivity contribution in [2.24, 2.45) is 11.1 Å². The van der Waals surface area contributed by atoms with E-state index < -0.39 is 5.60 Å². The van der Waals surface area contributed by atoms with Crippen molar-refractivity contribution in [3.05, 3.63) is 11.7 Å². The van der Waals surface area contributed by atoms with Crippen LogP contribution >= 0.6 is 0 Å². The van der Waals surface area contributed by atoms with Crippen molar-refractivity contribution in [1.29, 1.82) is 0 Å². The quantitative estimate of drug-likeness (QED) is 0.866. The lowest BCUT2D eigenvalue weighted by atomic mass is 9.70. The Balaban J connectivity index is 2.19. The Bertz CT molecular complexity index is 446. The van der Waals surface area contributed by atoms with Crippen LogP contribution in [-0.2, 0) is 10.3 Å². The molecule has 1 fully saturated rings. The molecule has 0 bridgehead atoms. The van der Waals surface area contributed by atoms with Gasteiger partial charge < -0.3 is 15.0 Å². The van der Waals surface area contributed by atoms with E-state index >= 15 is 0 Å². The van der Waals surface area contributed by atoms with Gasteiger partial charge in [-0.1, -0.05) is 32.3 Å². The summed E-state index contributed by atoms with van der Waals surface area (Å²) in [5.41, 5.74) is 6.05. The molecule has 0 aliphatic heterocycles. The molecule has 1 heterocycles. The molecule has 2 rings (SSSR count). The second kappa shape index (κ2) is 6.44. The molecule has 0 spiro atoms. The van der Waals surface area contributed by atoms with Crippen molar-refractivity contribution in [3.8, 4) is 0 Å². The van der Waals surface area contributed by atoms with Crippen LogP contribution < -0.4 is 5.73 Å². The zero-order valence-corrected chi connectivity index (χ0v) is 13.8. The summed E-state index contributed by atoms with van der Waals surface area (Å²) in [7, 11) is 0. The van der Waals surface area contributed by atoms with E-state index in [0.717, 1.165) is 38.5 Å². The summed E-state index contributed by atoms with van der Waals surface area (Å²) in [5, 5.41) is 4.19. The normalized spacial score (nSPS) is 22.1. The van der Waals surface area contributed by atoms with Gasteiger partial charge in [0.25, 0.3) is 0 Å². The molecule has 0 radical (unpaired) electrons. The SMILES string of the molecule is CCCC(N)c1nc(C2(OCC)CCC(C)(C)CC2)no1. The largest absolute Gasteiger partial charge is 0.367 e. The highest BCUT2D eigenvalue weighted by atomic mass is 16.5. The van der Waals surface area contributed by atoms with Gasteiger partial charge in [0.2, 0.25) is 11.7 Å². The van der Waals surface area contributed by atoms with Gasteiger partial charge in [-0.2, -0.15) is 4.98 Å². The highest BCUT2D eigenvalue weighted by molar-refractivity contribution is 5.06. The first-order valence-corrected chi connectivity index (χ1v) is 8.16. The fraction of sp³-hybridized carbons (Fsp3) is 0.875. The lowest BCUT2D eigenvalue weighted by Gasteiger charge is -2.41. The third-order valence-electron chi connectivity index (χ3n) is 4.60. The number of rotatable bonds is 6. The summed E-state index contributed by atoms with van der Waals surface area (Å²) in [5.74, 6) is 1.22. The third kappa shape index (κ3) is 3.64. The van der Waals surface area contributed by atoms with Crippen LogP contribution in [0.15, 0.2) is 4.52 Å². The van der Waals surface area contributed by atoms with Crippen molar-refractivity contribution in [3.63, 3.8) is 0 Å². The number of nitrogens with two attached hydrogens (primary N) is 1. The lowest BCUT2D eigenvalue weighted by Crippen LogP contribution is -2.38. The summed E-state index contributed by atoms with van der Waals surface area (Å²) in [6.45, 7) is 9.39. The van der Waals surface area contributed by atoms with Crippen LogP contribution in [0.4, 0.5) is 0 Å². The Morgan fingerprint density at radius 3 is 2.48 bits per heavy atom. The van der Waals surface area contributed by atoms with Gasteiger partial charge in [-0.05, 0) is 44.4 Å².